The van der Waals surface area contributed by atoms with E-state index in [0.717, 1.165) is 21.3 Å². The highest BCUT2D eigenvalue weighted by Gasteiger charge is 2.11. The minimum Gasteiger partial charge on any atom is -0.485 e. The molecule has 8 heteroatoms. The number of aryl methyl sites for hydroxylation is 1. The number of nitrogens with zero attached hydrogens (tertiary/aromatic N) is 2. The number of rotatable bonds is 7. The molecule has 0 fully saturated rings. The van der Waals surface area contributed by atoms with Crippen LogP contribution in [0.25, 0.3) is 0 Å². The molecular weight excluding hydrogens is 430 g/mol. The summed E-state index contributed by atoms with van der Waals surface area (Å²) < 4.78 is 7.33. The van der Waals surface area contributed by atoms with Crippen LogP contribution < -0.4 is 10.1 Å². The van der Waals surface area contributed by atoms with Gasteiger partial charge in [0.25, 0.3) is 0 Å². The fraction of sp³-hybridized carbons (Fsp3) is 0.100. The highest BCUT2D eigenvalue weighted by Crippen LogP contribution is 2.36. The van der Waals surface area contributed by atoms with Gasteiger partial charge in [0.2, 0.25) is 0 Å². The van der Waals surface area contributed by atoms with Crippen molar-refractivity contribution < 1.29 is 4.74 Å². The molecule has 28 heavy (non-hydrogen) atoms. The molecule has 0 radical (unpaired) electrons. The van der Waals surface area contributed by atoms with Gasteiger partial charge < -0.3 is 10.1 Å². The Bertz CT molecular complexity index is 1010. The summed E-state index contributed by atoms with van der Waals surface area (Å²) in [6.45, 7) is 2.46. The Morgan fingerprint density at radius 3 is 2.68 bits per heavy atom. The number of nitrogens with one attached hydrogen (secondary N) is 1. The van der Waals surface area contributed by atoms with Crippen molar-refractivity contribution in [3.05, 3.63) is 76.7 Å². The molecule has 0 spiro atoms. The van der Waals surface area contributed by atoms with E-state index in [4.69, 9.17) is 4.74 Å². The lowest BCUT2D eigenvalue weighted by Crippen LogP contribution is -2.01. The lowest BCUT2D eigenvalue weighted by molar-refractivity contribution is 0.306. The number of anilines is 2. The normalized spacial score (nSPS) is 10.3. The zero-order valence-electron chi connectivity index (χ0n) is 15.0. The summed E-state index contributed by atoms with van der Waals surface area (Å²) in [4.78, 5) is 10.1. The first kappa shape index (κ1) is 20.7. The van der Waals surface area contributed by atoms with Crippen LogP contribution in [0, 0.1) is 6.92 Å². The van der Waals surface area contributed by atoms with Crippen molar-refractivity contribution in [2.24, 2.45) is 0 Å². The second-order valence-electron chi connectivity index (χ2n) is 5.75. The van der Waals surface area contributed by atoms with Crippen LogP contribution in [0.15, 0.2) is 74.6 Å². The van der Waals surface area contributed by atoms with Crippen LogP contribution in [0.5, 0.6) is 5.75 Å². The minimum absolute atomic E-state index is 0. The Balaban J connectivity index is 0.00000225. The van der Waals surface area contributed by atoms with Crippen molar-refractivity contribution >= 4 is 57.8 Å². The molecule has 1 N–H and O–H groups in total. The molecule has 0 atom stereocenters. The third-order valence-electron chi connectivity index (χ3n) is 3.62. The number of hydrogen-bond donors (Lipinski definition) is 1. The molecule has 0 aliphatic rings. The number of benzene rings is 1. The summed E-state index contributed by atoms with van der Waals surface area (Å²) in [6.07, 6.45) is 1.86. The van der Waals surface area contributed by atoms with Crippen LogP contribution in [0.4, 0.5) is 10.9 Å². The molecule has 4 nitrogen and oxygen atoms in total. The Morgan fingerprint density at radius 1 is 1.11 bits per heavy atom. The van der Waals surface area contributed by atoms with Gasteiger partial charge in [0.15, 0.2) is 16.7 Å². The van der Waals surface area contributed by atoms with E-state index in [1.165, 1.54) is 4.21 Å². The van der Waals surface area contributed by atoms with Gasteiger partial charge in [-0.1, -0.05) is 48.2 Å². The average Bonchev–Trinajstić information content (AvgIpc) is 3.34. The third kappa shape index (κ3) is 5.48. The third-order valence-corrected chi connectivity index (χ3v) is 6.49. The van der Waals surface area contributed by atoms with Crippen molar-refractivity contribution in [1.82, 2.24) is 9.97 Å². The summed E-state index contributed by atoms with van der Waals surface area (Å²) in [5, 5.41) is 8.17. The van der Waals surface area contributed by atoms with Gasteiger partial charge in [-0.3, -0.25) is 0 Å². The van der Waals surface area contributed by atoms with Gasteiger partial charge in [0, 0.05) is 16.5 Å². The lowest BCUT2D eigenvalue weighted by atomic mass is 10.2. The fourth-order valence-corrected chi connectivity index (χ4v) is 4.81. The van der Waals surface area contributed by atoms with Gasteiger partial charge in [-0.15, -0.1) is 35.1 Å². The molecule has 0 aliphatic heterocycles. The standard InChI is InChI=1S/C20H17N3OS3.ClH/c1-14-13-26-20(22-14)23-19-17(24-12-15-6-3-2-4-7-15)10-16(11-21-19)27-18-8-5-9-25-18;/h2-11,13H,12H2,1H3,(H,21,22,23);1H. The van der Waals surface area contributed by atoms with Crippen LogP contribution in [-0.2, 0) is 6.61 Å². The zero-order valence-corrected chi connectivity index (χ0v) is 18.3. The second kappa shape index (κ2) is 9.93. The Labute approximate surface area is 182 Å². The number of thiophene rings is 1. The largest absolute Gasteiger partial charge is 0.485 e. The fourth-order valence-electron chi connectivity index (χ4n) is 2.37. The van der Waals surface area contributed by atoms with E-state index in [1.54, 1.807) is 34.4 Å². The quantitative estimate of drug-likeness (QED) is 0.337. The van der Waals surface area contributed by atoms with Gasteiger partial charge in [0.05, 0.1) is 9.90 Å². The summed E-state index contributed by atoms with van der Waals surface area (Å²) in [5.41, 5.74) is 2.10. The number of pyridine rings is 1. The van der Waals surface area contributed by atoms with E-state index in [9.17, 15) is 0 Å². The van der Waals surface area contributed by atoms with E-state index in [0.29, 0.717) is 18.2 Å². The maximum Gasteiger partial charge on any atom is 0.188 e. The first-order valence-electron chi connectivity index (χ1n) is 8.33. The summed E-state index contributed by atoms with van der Waals surface area (Å²) in [7, 11) is 0. The van der Waals surface area contributed by atoms with Crippen molar-refractivity contribution in [2.45, 2.75) is 22.6 Å². The van der Waals surface area contributed by atoms with E-state index in [2.05, 4.69) is 38.9 Å². The molecule has 4 aromatic rings. The first-order chi connectivity index (χ1) is 13.3. The topological polar surface area (TPSA) is 47.0 Å². The number of hydrogen-bond acceptors (Lipinski definition) is 7. The van der Waals surface area contributed by atoms with Crippen LogP contribution in [0.1, 0.15) is 11.3 Å². The van der Waals surface area contributed by atoms with E-state index >= 15 is 0 Å². The molecule has 0 unspecified atom stereocenters. The van der Waals surface area contributed by atoms with Crippen LogP contribution >= 0.6 is 46.8 Å². The lowest BCUT2D eigenvalue weighted by Gasteiger charge is -2.12. The van der Waals surface area contributed by atoms with Crippen LogP contribution in [0.2, 0.25) is 0 Å². The van der Waals surface area contributed by atoms with Crippen LogP contribution in [-0.4, -0.2) is 9.97 Å². The van der Waals surface area contributed by atoms with Gasteiger partial charge in [-0.25, -0.2) is 9.97 Å². The number of halogens is 1. The predicted molar refractivity (Wildman–Crippen MR) is 121 cm³/mol. The molecule has 1 aromatic carbocycles. The summed E-state index contributed by atoms with van der Waals surface area (Å²) in [6, 6.07) is 16.3. The molecular formula is C20H18ClN3OS3. The summed E-state index contributed by atoms with van der Waals surface area (Å²) >= 11 is 4.95. The number of aromatic nitrogens is 2. The molecule has 3 heterocycles. The smallest absolute Gasteiger partial charge is 0.188 e. The van der Waals surface area contributed by atoms with Crippen molar-refractivity contribution in [2.75, 3.05) is 5.32 Å². The highest BCUT2D eigenvalue weighted by atomic mass is 35.5. The van der Waals surface area contributed by atoms with E-state index < -0.39 is 0 Å². The highest BCUT2D eigenvalue weighted by molar-refractivity contribution is 8.01. The maximum absolute atomic E-state index is 6.10. The predicted octanol–water partition coefficient (Wildman–Crippen LogP) is 6.80. The van der Waals surface area contributed by atoms with Gasteiger partial charge in [0.1, 0.15) is 6.61 Å². The maximum atomic E-state index is 6.10. The molecule has 0 saturated carbocycles. The van der Waals surface area contributed by atoms with Gasteiger partial charge in [-0.2, -0.15) is 0 Å². The van der Waals surface area contributed by atoms with Gasteiger partial charge in [-0.05, 0) is 30.0 Å². The van der Waals surface area contributed by atoms with E-state index in [-0.39, 0.29) is 12.4 Å². The molecule has 0 bridgehead atoms. The average molecular weight is 448 g/mol. The van der Waals surface area contributed by atoms with E-state index in [1.807, 2.05) is 48.8 Å². The van der Waals surface area contributed by atoms with Crippen LogP contribution in [0.3, 0.4) is 0 Å². The second-order valence-corrected chi connectivity index (χ2v) is 8.92. The van der Waals surface area contributed by atoms with Crippen molar-refractivity contribution in [3.8, 4) is 5.75 Å². The molecule has 144 valence electrons. The monoisotopic (exact) mass is 447 g/mol. The first-order valence-corrected chi connectivity index (χ1v) is 10.9. The Kier molecular flexibility index (Phi) is 7.33. The number of ether oxygens (including phenoxy) is 1. The summed E-state index contributed by atoms with van der Waals surface area (Å²) in [5.74, 6) is 1.39. The zero-order chi connectivity index (χ0) is 18.5. The SMILES string of the molecule is Cc1csc(Nc2ncc(Sc3cccs3)cc2OCc2ccccc2)n1.Cl. The molecule has 0 aliphatic carbocycles. The molecule has 0 amide bonds. The van der Waals surface area contributed by atoms with Crippen molar-refractivity contribution in [3.63, 3.8) is 0 Å². The minimum atomic E-state index is 0. The molecule has 4 rings (SSSR count). The van der Waals surface area contributed by atoms with Crippen molar-refractivity contribution in [1.29, 1.82) is 0 Å². The Morgan fingerprint density at radius 2 is 1.96 bits per heavy atom. The molecule has 3 aromatic heterocycles. The van der Waals surface area contributed by atoms with Gasteiger partial charge >= 0.3 is 0 Å². The molecule has 0 saturated heterocycles. The number of thiazole rings is 1. The Hall–Kier alpha value is -2.06.